The number of ether oxygens (including phenoxy) is 1. The zero-order valence-electron chi connectivity index (χ0n) is 10.5. The summed E-state index contributed by atoms with van der Waals surface area (Å²) < 4.78 is 7.07. The summed E-state index contributed by atoms with van der Waals surface area (Å²) in [5, 5.41) is 9.13. The lowest BCUT2D eigenvalue weighted by Gasteiger charge is -2.12. The van der Waals surface area contributed by atoms with E-state index in [1.807, 2.05) is 30.3 Å². The molecule has 0 fully saturated rings. The topological polar surface area (TPSA) is 51.5 Å². The van der Waals surface area contributed by atoms with Crippen LogP contribution in [0.25, 0.3) is 0 Å². The standard InChI is InChI=1S/C14H14ClNO3/c1-16-7-12(14(18)13(15)11(16)8-17)19-9-10-5-3-2-4-6-10/h2-7,17H,8-9H2,1H3. The lowest BCUT2D eigenvalue weighted by molar-refractivity contribution is 0.268. The van der Waals surface area contributed by atoms with Gasteiger partial charge in [-0.3, -0.25) is 4.79 Å². The van der Waals surface area contributed by atoms with E-state index in [0.717, 1.165) is 5.56 Å². The Balaban J connectivity index is 2.25. The molecule has 19 heavy (non-hydrogen) atoms. The maximum absolute atomic E-state index is 11.9. The number of benzene rings is 1. The van der Waals surface area contributed by atoms with Crippen molar-refractivity contribution in [3.63, 3.8) is 0 Å². The van der Waals surface area contributed by atoms with Gasteiger partial charge in [0.1, 0.15) is 11.6 Å². The maximum atomic E-state index is 11.9. The van der Waals surface area contributed by atoms with Gasteiger partial charge in [-0.05, 0) is 5.56 Å². The van der Waals surface area contributed by atoms with E-state index in [4.69, 9.17) is 21.4 Å². The molecule has 2 aromatic rings. The van der Waals surface area contributed by atoms with E-state index in [1.165, 1.54) is 6.20 Å². The fourth-order valence-corrected chi connectivity index (χ4v) is 2.01. The third-order valence-electron chi connectivity index (χ3n) is 2.80. The minimum absolute atomic E-state index is 0.00411. The summed E-state index contributed by atoms with van der Waals surface area (Å²) in [4.78, 5) is 11.9. The van der Waals surface area contributed by atoms with Gasteiger partial charge in [0.25, 0.3) is 0 Å². The maximum Gasteiger partial charge on any atom is 0.242 e. The molecule has 1 N–H and O–H groups in total. The number of aryl methyl sites for hydroxylation is 1. The smallest absolute Gasteiger partial charge is 0.242 e. The summed E-state index contributed by atoms with van der Waals surface area (Å²) in [5.74, 6) is 0.175. The average Bonchev–Trinajstić information content (AvgIpc) is 2.43. The zero-order chi connectivity index (χ0) is 13.8. The van der Waals surface area contributed by atoms with E-state index in [2.05, 4.69) is 0 Å². The van der Waals surface area contributed by atoms with E-state index >= 15 is 0 Å². The van der Waals surface area contributed by atoms with Crippen molar-refractivity contribution in [1.29, 1.82) is 0 Å². The number of aliphatic hydroxyl groups is 1. The van der Waals surface area contributed by atoms with Gasteiger partial charge in [-0.25, -0.2) is 0 Å². The van der Waals surface area contributed by atoms with E-state index < -0.39 is 5.43 Å². The van der Waals surface area contributed by atoms with Crippen molar-refractivity contribution in [3.8, 4) is 5.75 Å². The molecule has 0 atom stereocenters. The van der Waals surface area contributed by atoms with Gasteiger partial charge in [-0.2, -0.15) is 0 Å². The SMILES string of the molecule is Cn1cc(OCc2ccccc2)c(=O)c(Cl)c1CO. The Labute approximate surface area is 115 Å². The number of nitrogens with zero attached hydrogens (tertiary/aromatic N) is 1. The first-order valence-electron chi connectivity index (χ1n) is 5.79. The number of hydrogen-bond acceptors (Lipinski definition) is 3. The molecule has 0 unspecified atom stereocenters. The molecule has 0 saturated carbocycles. The predicted molar refractivity (Wildman–Crippen MR) is 73.4 cm³/mol. The molecule has 0 aliphatic carbocycles. The van der Waals surface area contributed by atoms with Crippen LogP contribution < -0.4 is 10.2 Å². The fraction of sp³-hybridized carbons (Fsp3) is 0.214. The van der Waals surface area contributed by atoms with Crippen LogP contribution in [0.5, 0.6) is 5.75 Å². The van der Waals surface area contributed by atoms with Crippen molar-refractivity contribution in [3.05, 3.63) is 63.0 Å². The molecule has 0 saturated heterocycles. The number of hydrogen-bond donors (Lipinski definition) is 1. The average molecular weight is 280 g/mol. The van der Waals surface area contributed by atoms with Crippen LogP contribution in [-0.4, -0.2) is 9.67 Å². The van der Waals surface area contributed by atoms with Crippen molar-refractivity contribution in [2.24, 2.45) is 7.05 Å². The quantitative estimate of drug-likeness (QED) is 0.933. The second-order valence-electron chi connectivity index (χ2n) is 4.13. The van der Waals surface area contributed by atoms with Gasteiger partial charge < -0.3 is 14.4 Å². The molecule has 0 bridgehead atoms. The molecule has 0 amide bonds. The summed E-state index contributed by atoms with van der Waals surface area (Å²) in [6.07, 6.45) is 1.53. The lowest BCUT2D eigenvalue weighted by atomic mass is 10.2. The van der Waals surface area contributed by atoms with Crippen LogP contribution in [-0.2, 0) is 20.3 Å². The van der Waals surface area contributed by atoms with Crippen LogP contribution in [0.2, 0.25) is 5.02 Å². The van der Waals surface area contributed by atoms with Crippen molar-refractivity contribution in [1.82, 2.24) is 4.57 Å². The molecule has 4 nitrogen and oxygen atoms in total. The summed E-state index contributed by atoms with van der Waals surface area (Å²) in [5.41, 5.74) is 0.936. The predicted octanol–water partition coefficient (Wildman–Crippen LogP) is 2.11. The molecule has 1 aromatic heterocycles. The molecule has 100 valence electrons. The van der Waals surface area contributed by atoms with Crippen LogP contribution in [0.15, 0.2) is 41.3 Å². The second kappa shape index (κ2) is 5.91. The van der Waals surface area contributed by atoms with Gasteiger partial charge in [0.2, 0.25) is 5.43 Å². The van der Waals surface area contributed by atoms with Crippen LogP contribution >= 0.6 is 11.6 Å². The first kappa shape index (κ1) is 13.6. The Morgan fingerprint density at radius 1 is 1.32 bits per heavy atom. The van der Waals surface area contributed by atoms with E-state index in [9.17, 15) is 4.79 Å². The summed E-state index contributed by atoms with van der Waals surface area (Å²) in [6, 6.07) is 9.54. The second-order valence-corrected chi connectivity index (χ2v) is 4.50. The van der Waals surface area contributed by atoms with Gasteiger partial charge in [-0.1, -0.05) is 41.9 Å². The first-order valence-corrected chi connectivity index (χ1v) is 6.17. The van der Waals surface area contributed by atoms with Crippen LogP contribution in [0, 0.1) is 0 Å². The molecular weight excluding hydrogens is 266 g/mol. The van der Waals surface area contributed by atoms with E-state index in [-0.39, 0.29) is 17.4 Å². The number of rotatable bonds is 4. The molecule has 1 heterocycles. The highest BCUT2D eigenvalue weighted by molar-refractivity contribution is 6.31. The highest BCUT2D eigenvalue weighted by Crippen LogP contribution is 2.16. The van der Waals surface area contributed by atoms with Gasteiger partial charge in [-0.15, -0.1) is 0 Å². The van der Waals surface area contributed by atoms with Crippen molar-refractivity contribution >= 4 is 11.6 Å². The van der Waals surface area contributed by atoms with Crippen LogP contribution in [0.1, 0.15) is 11.3 Å². The molecule has 1 aromatic carbocycles. The van der Waals surface area contributed by atoms with Crippen LogP contribution in [0.4, 0.5) is 0 Å². The molecule has 0 radical (unpaired) electrons. The Kier molecular flexibility index (Phi) is 4.24. The zero-order valence-corrected chi connectivity index (χ0v) is 11.2. The summed E-state index contributed by atoms with van der Waals surface area (Å²) >= 11 is 5.91. The van der Waals surface area contributed by atoms with Crippen molar-refractivity contribution in [2.45, 2.75) is 13.2 Å². The highest BCUT2D eigenvalue weighted by Gasteiger charge is 2.12. The summed E-state index contributed by atoms with van der Waals surface area (Å²) in [6.45, 7) is 0.00835. The summed E-state index contributed by atoms with van der Waals surface area (Å²) in [7, 11) is 1.70. The van der Waals surface area contributed by atoms with E-state index in [0.29, 0.717) is 12.3 Å². The van der Waals surface area contributed by atoms with Gasteiger partial charge >= 0.3 is 0 Å². The number of aromatic nitrogens is 1. The lowest BCUT2D eigenvalue weighted by Crippen LogP contribution is -2.15. The monoisotopic (exact) mass is 279 g/mol. The molecule has 0 aliphatic heterocycles. The van der Waals surface area contributed by atoms with Gasteiger partial charge in [0, 0.05) is 7.05 Å². The minimum atomic E-state index is -0.403. The van der Waals surface area contributed by atoms with E-state index in [1.54, 1.807) is 11.6 Å². The number of aliphatic hydroxyl groups excluding tert-OH is 1. The molecule has 2 rings (SSSR count). The normalized spacial score (nSPS) is 10.5. The minimum Gasteiger partial charge on any atom is -0.483 e. The Morgan fingerprint density at radius 3 is 2.63 bits per heavy atom. The highest BCUT2D eigenvalue weighted by atomic mass is 35.5. The third-order valence-corrected chi connectivity index (χ3v) is 3.19. The largest absolute Gasteiger partial charge is 0.483 e. The van der Waals surface area contributed by atoms with Gasteiger partial charge in [0.15, 0.2) is 5.75 Å². The van der Waals surface area contributed by atoms with Crippen molar-refractivity contribution < 1.29 is 9.84 Å². The molecular formula is C14H14ClNO3. The molecule has 5 heteroatoms. The Morgan fingerprint density at radius 2 is 2.00 bits per heavy atom. The fourth-order valence-electron chi connectivity index (χ4n) is 1.73. The third kappa shape index (κ3) is 2.97. The molecule has 0 aliphatic rings. The Hall–Kier alpha value is -1.78. The Bertz CT molecular complexity index is 623. The first-order chi connectivity index (χ1) is 9.13. The van der Waals surface area contributed by atoms with Crippen LogP contribution in [0.3, 0.4) is 0 Å². The van der Waals surface area contributed by atoms with Gasteiger partial charge in [0.05, 0.1) is 18.5 Å². The van der Waals surface area contributed by atoms with Crippen molar-refractivity contribution in [2.75, 3.05) is 0 Å². The number of halogens is 1. The molecule has 0 spiro atoms. The number of pyridine rings is 1.